The lowest BCUT2D eigenvalue weighted by Crippen LogP contribution is -2.29. The summed E-state index contributed by atoms with van der Waals surface area (Å²) in [6.45, 7) is 3.61. The molecule has 1 aliphatic rings. The van der Waals surface area contributed by atoms with Gasteiger partial charge in [0, 0.05) is 5.39 Å². The number of benzene rings is 2. The molecule has 0 amide bonds. The van der Waals surface area contributed by atoms with Crippen molar-refractivity contribution in [2.24, 2.45) is 0 Å². The van der Waals surface area contributed by atoms with Gasteiger partial charge in [-0.1, -0.05) is 47.6 Å². The van der Waals surface area contributed by atoms with E-state index < -0.39 is 4.75 Å². The predicted octanol–water partition coefficient (Wildman–Crippen LogP) is 5.00. The van der Waals surface area contributed by atoms with Gasteiger partial charge >= 0.3 is 5.97 Å². The van der Waals surface area contributed by atoms with Crippen LogP contribution in [0.5, 0.6) is 0 Å². The monoisotopic (exact) mass is 401 g/mol. The van der Waals surface area contributed by atoms with Crippen molar-refractivity contribution in [3.63, 3.8) is 0 Å². The lowest BCUT2D eigenvalue weighted by molar-refractivity contribution is -0.142. The van der Waals surface area contributed by atoms with Crippen LogP contribution in [0.1, 0.15) is 38.2 Å². The molecule has 1 aromatic heterocycles. The van der Waals surface area contributed by atoms with Gasteiger partial charge < -0.3 is 4.74 Å². The largest absolute Gasteiger partial charge is 0.468 e. The van der Waals surface area contributed by atoms with Gasteiger partial charge in [0.2, 0.25) is 0 Å². The third kappa shape index (κ3) is 3.32. The van der Waals surface area contributed by atoms with E-state index in [2.05, 4.69) is 28.4 Å². The van der Waals surface area contributed by atoms with Gasteiger partial charge in [0.25, 0.3) is 0 Å². The lowest BCUT2D eigenvalue weighted by atomic mass is 9.99. The topological polar surface area (TPSA) is 57.0 Å². The number of carbonyl (C=O) groups excluding carboxylic acids is 1. The van der Waals surface area contributed by atoms with E-state index in [1.807, 2.05) is 16.7 Å². The minimum absolute atomic E-state index is 0.318. The fourth-order valence-corrected chi connectivity index (χ4v) is 4.55. The summed E-state index contributed by atoms with van der Waals surface area (Å²) in [5.41, 5.74) is 2.14. The number of carbonyl (C=O) groups is 1. The highest BCUT2D eigenvalue weighted by Gasteiger charge is 2.33. The summed E-state index contributed by atoms with van der Waals surface area (Å²) in [5, 5.41) is 11.8. The molecule has 0 aliphatic heterocycles. The van der Waals surface area contributed by atoms with E-state index in [4.69, 9.17) is 16.3 Å². The Morgan fingerprint density at radius 1 is 1.30 bits per heavy atom. The predicted molar refractivity (Wildman–Crippen MR) is 108 cm³/mol. The zero-order valence-electron chi connectivity index (χ0n) is 15.4. The van der Waals surface area contributed by atoms with Gasteiger partial charge in [-0.15, -0.1) is 10.2 Å². The van der Waals surface area contributed by atoms with Gasteiger partial charge in [0.05, 0.1) is 17.8 Å². The third-order valence-corrected chi connectivity index (χ3v) is 6.23. The van der Waals surface area contributed by atoms with Crippen LogP contribution in [0.25, 0.3) is 16.5 Å². The zero-order valence-corrected chi connectivity index (χ0v) is 17.0. The summed E-state index contributed by atoms with van der Waals surface area (Å²) in [5.74, 6) is 0.275. The Hall–Kier alpha value is -2.05. The van der Waals surface area contributed by atoms with Gasteiger partial charge in [-0.05, 0) is 49.6 Å². The van der Waals surface area contributed by atoms with E-state index in [0.717, 1.165) is 11.1 Å². The Morgan fingerprint density at radius 2 is 2.00 bits per heavy atom. The number of hydrogen-bond acceptors (Lipinski definition) is 5. The van der Waals surface area contributed by atoms with E-state index in [1.165, 1.54) is 42.7 Å². The molecule has 0 spiro atoms. The standard InChI is InChI=1S/C20H20ClN3O2S/c1-20(2,18(25)26-3)27-19-23-22-11-24(19)17-14-7-5-4-6-13(14)15(10-16(17)21)12-8-9-12/h4-7,10-12H,8-9H2,1-3H3. The molecule has 0 bridgehead atoms. The van der Waals surface area contributed by atoms with Gasteiger partial charge in [0.15, 0.2) is 5.16 Å². The summed E-state index contributed by atoms with van der Waals surface area (Å²) < 4.78 is 5.97. The number of fused-ring (bicyclic) bond motifs is 1. The molecule has 0 atom stereocenters. The summed E-state index contributed by atoms with van der Waals surface area (Å²) in [6.07, 6.45) is 4.06. The fraction of sp³-hybridized carbons (Fsp3) is 0.350. The molecule has 5 nitrogen and oxygen atoms in total. The van der Waals surface area contributed by atoms with E-state index >= 15 is 0 Å². The number of aromatic nitrogens is 3. The molecular weight excluding hydrogens is 382 g/mol. The molecule has 1 heterocycles. The van der Waals surface area contributed by atoms with Crippen LogP contribution in [0.2, 0.25) is 5.02 Å². The second-order valence-corrected chi connectivity index (χ2v) is 9.20. The number of thioether (sulfide) groups is 1. The Balaban J connectivity index is 1.85. The molecule has 4 rings (SSSR count). The molecule has 0 N–H and O–H groups in total. The summed E-state index contributed by atoms with van der Waals surface area (Å²) in [7, 11) is 1.39. The quantitative estimate of drug-likeness (QED) is 0.445. The van der Waals surface area contributed by atoms with Crippen molar-refractivity contribution < 1.29 is 9.53 Å². The van der Waals surface area contributed by atoms with Crippen molar-refractivity contribution in [1.82, 2.24) is 14.8 Å². The SMILES string of the molecule is COC(=O)C(C)(C)Sc1nncn1-c1c(Cl)cc(C2CC2)c2ccccc12. The Bertz CT molecular complexity index is 1030. The Morgan fingerprint density at radius 3 is 2.67 bits per heavy atom. The average molecular weight is 402 g/mol. The summed E-state index contributed by atoms with van der Waals surface area (Å²) in [4.78, 5) is 12.1. The molecule has 1 aliphatic carbocycles. The van der Waals surface area contributed by atoms with Crippen LogP contribution in [0.3, 0.4) is 0 Å². The first-order valence-electron chi connectivity index (χ1n) is 8.81. The van der Waals surface area contributed by atoms with Crippen molar-refractivity contribution in [2.45, 2.75) is 42.5 Å². The first-order chi connectivity index (χ1) is 12.9. The molecule has 0 saturated heterocycles. The number of ether oxygens (including phenoxy) is 1. The van der Waals surface area contributed by atoms with Crippen molar-refractivity contribution >= 4 is 40.1 Å². The lowest BCUT2D eigenvalue weighted by Gasteiger charge is -2.21. The highest BCUT2D eigenvalue weighted by molar-refractivity contribution is 8.01. The number of methoxy groups -OCH3 is 1. The van der Waals surface area contributed by atoms with Crippen molar-refractivity contribution in [3.8, 4) is 5.69 Å². The van der Waals surface area contributed by atoms with E-state index in [0.29, 0.717) is 16.1 Å². The normalized spacial score (nSPS) is 14.5. The molecule has 1 saturated carbocycles. The van der Waals surface area contributed by atoms with Crippen LogP contribution in [0.15, 0.2) is 41.8 Å². The van der Waals surface area contributed by atoms with Gasteiger partial charge in [0.1, 0.15) is 11.1 Å². The van der Waals surface area contributed by atoms with Crippen LogP contribution in [-0.2, 0) is 9.53 Å². The molecule has 3 aromatic rings. The second kappa shape index (κ2) is 6.84. The van der Waals surface area contributed by atoms with Crippen LogP contribution >= 0.6 is 23.4 Å². The van der Waals surface area contributed by atoms with Crippen molar-refractivity contribution in [1.29, 1.82) is 0 Å². The van der Waals surface area contributed by atoms with Crippen LogP contribution in [0.4, 0.5) is 0 Å². The highest BCUT2D eigenvalue weighted by atomic mass is 35.5. The maximum absolute atomic E-state index is 12.1. The average Bonchev–Trinajstić information content (AvgIpc) is 3.41. The van der Waals surface area contributed by atoms with Crippen LogP contribution < -0.4 is 0 Å². The third-order valence-electron chi connectivity index (χ3n) is 4.80. The molecule has 0 unspecified atom stereocenters. The minimum Gasteiger partial charge on any atom is -0.468 e. The first-order valence-corrected chi connectivity index (χ1v) is 10.0. The van der Waals surface area contributed by atoms with E-state index in [-0.39, 0.29) is 5.97 Å². The van der Waals surface area contributed by atoms with Gasteiger partial charge in [-0.2, -0.15) is 0 Å². The van der Waals surface area contributed by atoms with E-state index in [1.54, 1.807) is 20.2 Å². The number of nitrogens with zero attached hydrogens (tertiary/aromatic N) is 3. The molecule has 7 heteroatoms. The van der Waals surface area contributed by atoms with Crippen LogP contribution in [0, 0.1) is 0 Å². The maximum atomic E-state index is 12.1. The smallest absolute Gasteiger partial charge is 0.321 e. The molecule has 1 fully saturated rings. The number of halogens is 1. The summed E-state index contributed by atoms with van der Waals surface area (Å²) in [6, 6.07) is 10.3. The zero-order chi connectivity index (χ0) is 19.2. The molecule has 2 aromatic carbocycles. The van der Waals surface area contributed by atoms with Crippen molar-refractivity contribution in [3.05, 3.63) is 47.2 Å². The second-order valence-electron chi connectivity index (χ2n) is 7.20. The fourth-order valence-electron chi connectivity index (χ4n) is 3.29. The summed E-state index contributed by atoms with van der Waals surface area (Å²) >= 11 is 8.03. The number of rotatable bonds is 5. The van der Waals surface area contributed by atoms with Gasteiger partial charge in [-0.3, -0.25) is 9.36 Å². The number of hydrogen-bond donors (Lipinski definition) is 0. The Labute approximate surface area is 167 Å². The first kappa shape index (κ1) is 18.3. The number of esters is 1. The Kier molecular flexibility index (Phi) is 4.64. The van der Waals surface area contributed by atoms with Crippen LogP contribution in [-0.4, -0.2) is 32.6 Å². The maximum Gasteiger partial charge on any atom is 0.321 e. The highest BCUT2D eigenvalue weighted by Crippen LogP contribution is 2.46. The molecule has 27 heavy (non-hydrogen) atoms. The molecule has 0 radical (unpaired) electrons. The van der Waals surface area contributed by atoms with Gasteiger partial charge in [-0.25, -0.2) is 0 Å². The molecule has 140 valence electrons. The van der Waals surface area contributed by atoms with Crippen molar-refractivity contribution in [2.75, 3.05) is 7.11 Å². The van der Waals surface area contributed by atoms with E-state index in [9.17, 15) is 4.79 Å². The molecular formula is C20H20ClN3O2S. The minimum atomic E-state index is -0.796.